The number of ether oxygens (including phenoxy) is 5. The van der Waals surface area contributed by atoms with Crippen LogP contribution in [0.15, 0.2) is 170 Å². The summed E-state index contributed by atoms with van der Waals surface area (Å²) in [7, 11) is -8.12. The van der Waals surface area contributed by atoms with Gasteiger partial charge in [0.15, 0.2) is 8.32 Å². The fourth-order valence-electron chi connectivity index (χ4n) is 14.1. The molecule has 4 aromatic carbocycles. The molecule has 440 valence electrons. The summed E-state index contributed by atoms with van der Waals surface area (Å²) in [5, 5.41) is 4.62. The molecule has 81 heavy (non-hydrogen) atoms. The average Bonchev–Trinajstić information content (AvgIpc) is 3.63. The lowest BCUT2D eigenvalue weighted by atomic mass is 9.79. The van der Waals surface area contributed by atoms with Crippen molar-refractivity contribution in [2.24, 2.45) is 11.8 Å². The predicted octanol–water partition coefficient (Wildman–Crippen LogP) is 13.8. The molecular weight excluding hydrogens is 1050 g/mol. The predicted molar refractivity (Wildman–Crippen MR) is 342 cm³/mol. The van der Waals surface area contributed by atoms with Gasteiger partial charge in [0, 0.05) is 31.8 Å². The number of benzene rings is 4. The molecule has 4 aliphatic rings. The van der Waals surface area contributed by atoms with Gasteiger partial charge < -0.3 is 37.0 Å². The minimum Gasteiger partial charge on any atom is -0.411 e. The summed E-state index contributed by atoms with van der Waals surface area (Å²) in [6.45, 7) is 40.4. The Bertz CT molecular complexity index is 2540. The Hall–Kier alpha value is -3.83. The van der Waals surface area contributed by atoms with Gasteiger partial charge in [-0.1, -0.05) is 229 Å². The van der Waals surface area contributed by atoms with Crippen LogP contribution < -0.4 is 20.7 Å². The van der Waals surface area contributed by atoms with Crippen molar-refractivity contribution in [1.29, 1.82) is 0 Å². The van der Waals surface area contributed by atoms with Crippen LogP contribution in [0.25, 0.3) is 0 Å². The lowest BCUT2D eigenvalue weighted by molar-refractivity contribution is -0.264. The SMILES string of the molecule is C=CCOC/C=C/[C@H]1CC(=C)[C@H](CC[C@H]2C[C@@H](C)C(=C)[C@@H](C[C@@H]3O[C@H]4C[C@@H](O[Si](c5ccccc5)(c5ccccc5)C(C)(C)C)[C@@H](CCO[Si](c5ccccc5)(c5ccccc5)C(C)(C)C)O[C@H]4[C@H](C)[C@H]3O[Si](CC)(CC)CC)O2)O1. The molecule has 0 N–H and O–H groups in total. The van der Waals surface area contributed by atoms with Crippen molar-refractivity contribution >= 4 is 45.7 Å². The molecule has 0 radical (unpaired) electrons. The maximum absolute atomic E-state index is 8.24. The normalized spacial score (nSPS) is 27.8. The summed E-state index contributed by atoms with van der Waals surface area (Å²) in [6, 6.07) is 47.2. The van der Waals surface area contributed by atoms with Gasteiger partial charge in [0.2, 0.25) is 0 Å². The quantitative estimate of drug-likeness (QED) is 0.0369. The maximum atomic E-state index is 8.24. The number of hydrogen-bond acceptors (Lipinski definition) is 8. The molecular formula is C70H100O8Si3. The molecule has 4 aromatic rings. The second kappa shape index (κ2) is 27.9. The van der Waals surface area contributed by atoms with Gasteiger partial charge in [-0.15, -0.1) is 6.58 Å². The molecule has 4 aliphatic heterocycles. The van der Waals surface area contributed by atoms with E-state index in [2.05, 4.69) is 217 Å². The Kier molecular flexibility index (Phi) is 21.8. The molecule has 0 unspecified atom stereocenters. The smallest absolute Gasteiger partial charge is 0.261 e. The molecule has 8 nitrogen and oxygen atoms in total. The van der Waals surface area contributed by atoms with Crippen molar-refractivity contribution in [1.82, 2.24) is 0 Å². The Labute approximate surface area is 492 Å². The van der Waals surface area contributed by atoms with Crippen LogP contribution in [0.3, 0.4) is 0 Å². The summed E-state index contributed by atoms with van der Waals surface area (Å²) in [6.07, 6.45) is 9.86. The van der Waals surface area contributed by atoms with Gasteiger partial charge in [0.05, 0.1) is 74.3 Å². The molecule has 0 spiro atoms. The Balaban J connectivity index is 1.12. The lowest BCUT2D eigenvalue weighted by Crippen LogP contribution is -2.70. The molecule has 12 atom stereocenters. The first-order valence-electron chi connectivity index (χ1n) is 30.9. The first-order valence-corrected chi connectivity index (χ1v) is 37.2. The van der Waals surface area contributed by atoms with E-state index in [1.54, 1.807) is 6.08 Å². The van der Waals surface area contributed by atoms with E-state index < -0.39 is 25.0 Å². The highest BCUT2D eigenvalue weighted by molar-refractivity contribution is 7.00. The van der Waals surface area contributed by atoms with Crippen LogP contribution in [0.4, 0.5) is 0 Å². The number of fused-ring (bicyclic) bond motifs is 1. The van der Waals surface area contributed by atoms with Crippen LogP contribution in [0, 0.1) is 11.8 Å². The van der Waals surface area contributed by atoms with Crippen LogP contribution in [0.5, 0.6) is 0 Å². The van der Waals surface area contributed by atoms with Crippen LogP contribution in [-0.2, 0) is 37.0 Å². The van der Waals surface area contributed by atoms with Gasteiger partial charge in [0.1, 0.15) is 0 Å². The second-order valence-corrected chi connectivity index (χ2v) is 39.2. The molecule has 8 rings (SSSR count). The van der Waals surface area contributed by atoms with Crippen LogP contribution in [0.1, 0.15) is 121 Å². The van der Waals surface area contributed by atoms with E-state index in [4.69, 9.17) is 43.5 Å². The zero-order chi connectivity index (χ0) is 58.0. The third-order valence-corrected chi connectivity index (χ3v) is 33.5. The highest BCUT2D eigenvalue weighted by Gasteiger charge is 2.58. The fraction of sp³-hybridized carbons (Fsp3) is 0.543. The minimum atomic E-state index is -3.08. The van der Waals surface area contributed by atoms with Crippen molar-refractivity contribution in [3.05, 3.63) is 170 Å². The summed E-state index contributed by atoms with van der Waals surface area (Å²) in [4.78, 5) is 0. The first-order chi connectivity index (χ1) is 38.8. The van der Waals surface area contributed by atoms with Gasteiger partial charge >= 0.3 is 0 Å². The van der Waals surface area contributed by atoms with Crippen molar-refractivity contribution in [3.63, 3.8) is 0 Å². The highest BCUT2D eigenvalue weighted by atomic mass is 28.4. The van der Waals surface area contributed by atoms with Gasteiger partial charge in [-0.25, -0.2) is 0 Å². The number of hydrogen-bond donors (Lipinski definition) is 0. The minimum absolute atomic E-state index is 0.000216. The van der Waals surface area contributed by atoms with Crippen molar-refractivity contribution in [2.75, 3.05) is 19.8 Å². The van der Waals surface area contributed by atoms with Gasteiger partial charge in [-0.2, -0.15) is 0 Å². The van der Waals surface area contributed by atoms with E-state index in [1.165, 1.54) is 20.7 Å². The molecule has 0 bridgehead atoms. The molecule has 0 saturated carbocycles. The van der Waals surface area contributed by atoms with Gasteiger partial charge in [-0.05, 0) is 91.7 Å². The molecule has 0 amide bonds. The van der Waals surface area contributed by atoms with E-state index in [-0.39, 0.29) is 77.0 Å². The Morgan fingerprint density at radius 1 is 0.605 bits per heavy atom. The molecule has 4 saturated heterocycles. The Morgan fingerprint density at radius 3 is 1.67 bits per heavy atom. The molecule has 0 aliphatic carbocycles. The lowest BCUT2D eigenvalue weighted by Gasteiger charge is -2.55. The van der Waals surface area contributed by atoms with E-state index in [9.17, 15) is 0 Å². The van der Waals surface area contributed by atoms with Gasteiger partial charge in [-0.3, -0.25) is 0 Å². The van der Waals surface area contributed by atoms with E-state index in [1.807, 2.05) is 6.08 Å². The molecule has 11 heteroatoms. The van der Waals surface area contributed by atoms with Crippen molar-refractivity contribution in [2.45, 2.75) is 210 Å². The van der Waals surface area contributed by atoms with Crippen LogP contribution in [-0.4, -0.2) is 106 Å². The topological polar surface area (TPSA) is 73.8 Å². The fourth-order valence-corrected chi connectivity index (χ4v) is 26.3. The van der Waals surface area contributed by atoms with E-state index in [0.717, 1.165) is 55.0 Å². The average molecular weight is 1150 g/mol. The zero-order valence-electron chi connectivity index (χ0n) is 51.3. The molecule has 4 heterocycles. The van der Waals surface area contributed by atoms with Crippen LogP contribution >= 0.6 is 0 Å². The molecule has 0 aromatic heterocycles. The monoisotopic (exact) mass is 1150 g/mol. The van der Waals surface area contributed by atoms with E-state index in [0.29, 0.717) is 45.0 Å². The first kappa shape index (κ1) is 63.2. The van der Waals surface area contributed by atoms with E-state index >= 15 is 0 Å². The van der Waals surface area contributed by atoms with Crippen molar-refractivity contribution in [3.8, 4) is 0 Å². The zero-order valence-corrected chi connectivity index (χ0v) is 54.3. The summed E-state index contributed by atoms with van der Waals surface area (Å²) in [5.74, 6) is 0.329. The van der Waals surface area contributed by atoms with Crippen molar-refractivity contribution < 1.29 is 37.0 Å². The highest BCUT2D eigenvalue weighted by Crippen LogP contribution is 2.47. The largest absolute Gasteiger partial charge is 0.411 e. The standard InChI is InChI=1S/C70H100O8Si3/c1-15-44-71-45-31-32-55-48-52(6)61(73-55)42-41-56-47-51(5)53(7)63(74-56)49-66-68(78-79(16-2,17-3)18-4)54(8)67-65(75-66)50-64(77-81(70(12,13)14,59-37-27-21-28-38-59)60-39-29-22-30-40-60)62(76-67)43-46-72-80(69(9,10)11,57-33-23-19-24-34-57)58-35-25-20-26-36-58/h15,19-40,51,54-56,61-68H,1,6-7,16-18,41-50H2,2-5,8-14H3/b32-31+/t51-,54+,55+,56+,61+,62-,63-,64-,65+,66+,67+,68-/m1/s1. The Morgan fingerprint density at radius 2 is 1.15 bits per heavy atom. The summed E-state index contributed by atoms with van der Waals surface area (Å²) >= 11 is 0. The maximum Gasteiger partial charge on any atom is 0.261 e. The summed E-state index contributed by atoms with van der Waals surface area (Å²) in [5.41, 5.74) is 2.30. The third kappa shape index (κ3) is 14.1. The summed E-state index contributed by atoms with van der Waals surface area (Å²) < 4.78 is 58.5. The van der Waals surface area contributed by atoms with Crippen LogP contribution in [0.2, 0.25) is 28.2 Å². The van der Waals surface area contributed by atoms with Gasteiger partial charge in [0.25, 0.3) is 16.6 Å². The number of rotatable bonds is 25. The third-order valence-electron chi connectivity index (χ3n) is 18.8. The molecule has 4 fully saturated rings. The second-order valence-electron chi connectivity index (χ2n) is 25.9.